The third-order valence-electron chi connectivity index (χ3n) is 4.26. The lowest BCUT2D eigenvalue weighted by Crippen LogP contribution is -2.53. The summed E-state index contributed by atoms with van der Waals surface area (Å²) < 4.78 is 29.1. The Balaban J connectivity index is 1.47. The predicted molar refractivity (Wildman–Crippen MR) is 111 cm³/mol. The monoisotopic (exact) mass is 428 g/mol. The van der Waals surface area contributed by atoms with Gasteiger partial charge in [0.15, 0.2) is 9.84 Å². The third-order valence-corrected chi connectivity index (χ3v) is 5.39. The molecule has 0 spiro atoms. The Hall–Kier alpha value is -3.38. The number of pyridine rings is 1. The van der Waals surface area contributed by atoms with Gasteiger partial charge in [-0.25, -0.2) is 33.3 Å². The van der Waals surface area contributed by atoms with Gasteiger partial charge in [-0.2, -0.15) is 0 Å². The number of hydrogen-bond acceptors (Lipinski definition) is 11. The lowest BCUT2D eigenvalue weighted by Gasteiger charge is -2.39. The molecule has 1 aliphatic heterocycles. The van der Waals surface area contributed by atoms with E-state index in [0.717, 1.165) is 6.26 Å². The van der Waals surface area contributed by atoms with E-state index < -0.39 is 9.84 Å². The third kappa shape index (κ3) is 4.60. The molecule has 0 radical (unpaired) electrons. The molecule has 3 aromatic rings. The van der Waals surface area contributed by atoms with Crippen molar-refractivity contribution >= 4 is 38.9 Å². The van der Waals surface area contributed by atoms with Crippen LogP contribution in [-0.2, 0) is 14.6 Å². The van der Waals surface area contributed by atoms with E-state index in [1.165, 1.54) is 18.6 Å². The van der Waals surface area contributed by atoms with Crippen LogP contribution in [0.3, 0.4) is 0 Å². The second-order valence-corrected chi connectivity index (χ2v) is 9.11. The zero-order chi connectivity index (χ0) is 21.2. The Morgan fingerprint density at radius 1 is 0.967 bits per heavy atom. The maximum atomic E-state index is 11.9. The van der Waals surface area contributed by atoms with Gasteiger partial charge in [0, 0.05) is 18.5 Å². The van der Waals surface area contributed by atoms with Crippen molar-refractivity contribution in [3.63, 3.8) is 0 Å². The molecule has 0 saturated carbocycles. The van der Waals surface area contributed by atoms with Crippen LogP contribution in [0.5, 0.6) is 0 Å². The van der Waals surface area contributed by atoms with Crippen LogP contribution in [0.1, 0.15) is 6.92 Å². The van der Waals surface area contributed by atoms with Gasteiger partial charge in [0.25, 0.3) is 0 Å². The van der Waals surface area contributed by atoms with Gasteiger partial charge in [-0.1, -0.05) is 0 Å². The highest BCUT2D eigenvalue weighted by atomic mass is 32.2. The van der Waals surface area contributed by atoms with Gasteiger partial charge < -0.3 is 20.7 Å². The summed E-state index contributed by atoms with van der Waals surface area (Å²) in [4.78, 5) is 21.1. The number of sulfone groups is 1. The topological polar surface area (TPSA) is 144 Å². The van der Waals surface area contributed by atoms with Crippen LogP contribution >= 0.6 is 0 Å². The fourth-order valence-electron chi connectivity index (χ4n) is 2.78. The van der Waals surface area contributed by atoms with Gasteiger partial charge in [-0.05, 0) is 19.1 Å². The number of hydrogen-bond donors (Lipinski definition) is 3. The molecule has 3 N–H and O–H groups in total. The molecule has 3 aromatic heterocycles. The van der Waals surface area contributed by atoms with E-state index in [9.17, 15) is 8.42 Å². The summed E-state index contributed by atoms with van der Waals surface area (Å²) in [5.41, 5.74) is -0.118. The molecule has 4 rings (SSSR count). The zero-order valence-corrected chi connectivity index (χ0v) is 17.1. The van der Waals surface area contributed by atoms with Crippen LogP contribution in [0.15, 0.2) is 48.0 Å². The summed E-state index contributed by atoms with van der Waals surface area (Å²) in [7, 11) is -3.44. The smallest absolute Gasteiger partial charge is 0.179 e. The average Bonchev–Trinajstić information content (AvgIpc) is 2.68. The van der Waals surface area contributed by atoms with Crippen molar-refractivity contribution in [1.29, 1.82) is 0 Å². The van der Waals surface area contributed by atoms with E-state index in [2.05, 4.69) is 47.8 Å². The predicted octanol–water partition coefficient (Wildman–Crippen LogP) is 1.75. The van der Waals surface area contributed by atoms with Gasteiger partial charge in [0.2, 0.25) is 0 Å². The van der Waals surface area contributed by atoms with Crippen molar-refractivity contribution in [2.24, 2.45) is 0 Å². The molecule has 0 amide bonds. The van der Waals surface area contributed by atoms with Crippen LogP contribution in [0.25, 0.3) is 0 Å². The Bertz CT molecular complexity index is 1150. The molecule has 1 aliphatic rings. The number of rotatable bonds is 7. The Morgan fingerprint density at radius 3 is 2.30 bits per heavy atom. The molecule has 1 fully saturated rings. The highest BCUT2D eigenvalue weighted by Gasteiger charge is 2.33. The number of ether oxygens (including phenoxy) is 1. The molecular formula is C18H20N8O3S. The molecule has 0 aromatic carbocycles. The van der Waals surface area contributed by atoms with Gasteiger partial charge in [-0.3, -0.25) is 0 Å². The highest BCUT2D eigenvalue weighted by molar-refractivity contribution is 7.90. The van der Waals surface area contributed by atoms with Crippen LogP contribution in [-0.4, -0.2) is 58.3 Å². The Morgan fingerprint density at radius 2 is 1.67 bits per heavy atom. The molecule has 30 heavy (non-hydrogen) atoms. The van der Waals surface area contributed by atoms with E-state index in [1.54, 1.807) is 24.5 Å². The quantitative estimate of drug-likeness (QED) is 0.506. The Kier molecular flexibility index (Phi) is 5.18. The average molecular weight is 428 g/mol. The summed E-state index contributed by atoms with van der Waals surface area (Å²) in [6.45, 7) is 3.31. The van der Waals surface area contributed by atoms with Gasteiger partial charge in [0.05, 0.1) is 31.1 Å². The SMILES string of the molecule is CC1(Nc2cnc(Nc3cc(Nc4ncccc4S(C)(=O)=O)ncn3)cn2)COC1. The van der Waals surface area contributed by atoms with Crippen molar-refractivity contribution in [3.05, 3.63) is 43.1 Å². The fraction of sp³-hybridized carbons (Fsp3) is 0.278. The van der Waals surface area contributed by atoms with E-state index >= 15 is 0 Å². The second-order valence-electron chi connectivity index (χ2n) is 7.13. The van der Waals surface area contributed by atoms with Crippen LogP contribution < -0.4 is 16.0 Å². The van der Waals surface area contributed by atoms with E-state index in [4.69, 9.17) is 4.74 Å². The van der Waals surface area contributed by atoms with E-state index in [-0.39, 0.29) is 16.3 Å². The van der Waals surface area contributed by atoms with Gasteiger partial charge in [0.1, 0.15) is 40.3 Å². The van der Waals surface area contributed by atoms with Crippen molar-refractivity contribution < 1.29 is 13.2 Å². The largest absolute Gasteiger partial charge is 0.376 e. The molecule has 11 nitrogen and oxygen atoms in total. The van der Waals surface area contributed by atoms with Crippen molar-refractivity contribution in [2.75, 3.05) is 35.4 Å². The first kappa shape index (κ1) is 19.9. The second kappa shape index (κ2) is 7.80. The fourth-order valence-corrected chi connectivity index (χ4v) is 3.56. The summed E-state index contributed by atoms with van der Waals surface area (Å²) in [6.07, 6.45) is 7.17. The summed E-state index contributed by atoms with van der Waals surface area (Å²) in [5.74, 6) is 2.17. The summed E-state index contributed by atoms with van der Waals surface area (Å²) in [6, 6.07) is 4.65. The maximum absolute atomic E-state index is 11.9. The first-order valence-corrected chi connectivity index (χ1v) is 10.9. The number of anilines is 5. The lowest BCUT2D eigenvalue weighted by molar-refractivity contribution is -0.0320. The minimum Gasteiger partial charge on any atom is -0.376 e. The molecule has 0 bridgehead atoms. The van der Waals surface area contributed by atoms with Gasteiger partial charge in [-0.15, -0.1) is 0 Å². The van der Waals surface area contributed by atoms with Crippen LogP contribution in [0, 0.1) is 0 Å². The summed E-state index contributed by atoms with van der Waals surface area (Å²) >= 11 is 0. The molecule has 12 heteroatoms. The number of nitrogens with one attached hydrogen (secondary N) is 3. The summed E-state index contributed by atoms with van der Waals surface area (Å²) in [5, 5.41) is 9.23. The standard InChI is InChI=1S/C18H20N8O3S/c1-18(9-29-10-18)26-16-8-20-15(7-21-16)24-13-6-14(23-11-22-13)25-17-12(30(2,27)28)4-3-5-19-17/h3-8,11H,9-10H2,1-2H3,(H,21,26)(H2,19,20,22,23,24,25). The maximum Gasteiger partial charge on any atom is 0.179 e. The molecule has 156 valence electrons. The van der Waals surface area contributed by atoms with E-state index in [1.807, 2.05) is 0 Å². The Labute approximate surface area is 173 Å². The highest BCUT2D eigenvalue weighted by Crippen LogP contribution is 2.24. The van der Waals surface area contributed by atoms with Crippen molar-refractivity contribution in [3.8, 4) is 0 Å². The minimum atomic E-state index is -3.44. The molecule has 4 heterocycles. The number of nitrogens with zero attached hydrogens (tertiary/aromatic N) is 5. The van der Waals surface area contributed by atoms with Crippen molar-refractivity contribution in [2.45, 2.75) is 17.4 Å². The minimum absolute atomic E-state index is 0.0811. The number of aromatic nitrogens is 5. The first-order chi connectivity index (χ1) is 14.3. The van der Waals surface area contributed by atoms with Gasteiger partial charge >= 0.3 is 0 Å². The molecule has 0 unspecified atom stereocenters. The molecule has 1 saturated heterocycles. The first-order valence-electron chi connectivity index (χ1n) is 9.00. The van der Waals surface area contributed by atoms with Crippen molar-refractivity contribution in [1.82, 2.24) is 24.9 Å². The van der Waals surface area contributed by atoms with Crippen LogP contribution in [0.4, 0.5) is 29.1 Å². The normalized spacial score (nSPS) is 15.1. The molecular weight excluding hydrogens is 408 g/mol. The molecule has 0 aliphatic carbocycles. The van der Waals surface area contributed by atoms with Crippen LogP contribution in [0.2, 0.25) is 0 Å². The zero-order valence-electron chi connectivity index (χ0n) is 16.3. The lowest BCUT2D eigenvalue weighted by atomic mass is 10.0. The van der Waals surface area contributed by atoms with E-state index in [0.29, 0.717) is 36.5 Å². The molecule has 0 atom stereocenters.